The lowest BCUT2D eigenvalue weighted by atomic mass is 9.96. The molecule has 1 aliphatic rings. The fraction of sp³-hybridized carbons (Fsp3) is 0.526. The fourth-order valence-electron chi connectivity index (χ4n) is 3.01. The Labute approximate surface area is 153 Å². The van der Waals surface area contributed by atoms with Crippen molar-refractivity contribution >= 4 is 17.8 Å². The number of carbonyl (C=O) groups is 3. The molecular formula is C19H26N2O5. The van der Waals surface area contributed by atoms with E-state index in [0.29, 0.717) is 25.3 Å². The number of amides is 2. The molecule has 0 spiro atoms. The third-order valence-electron chi connectivity index (χ3n) is 4.34. The van der Waals surface area contributed by atoms with Crippen molar-refractivity contribution in [3.8, 4) is 5.75 Å². The highest BCUT2D eigenvalue weighted by molar-refractivity contribution is 5.81. The van der Waals surface area contributed by atoms with Gasteiger partial charge in [0.1, 0.15) is 5.75 Å². The van der Waals surface area contributed by atoms with Crippen LogP contribution >= 0.6 is 0 Å². The zero-order chi connectivity index (χ0) is 18.9. The fourth-order valence-corrected chi connectivity index (χ4v) is 3.01. The lowest BCUT2D eigenvalue weighted by molar-refractivity contribution is -0.139. The molecule has 0 radical (unpaired) electrons. The molecule has 2 amide bonds. The highest BCUT2D eigenvalue weighted by atomic mass is 16.5. The van der Waals surface area contributed by atoms with Crippen LogP contribution in [-0.2, 0) is 20.9 Å². The first kappa shape index (κ1) is 19.8. The molecule has 1 aromatic carbocycles. The van der Waals surface area contributed by atoms with Gasteiger partial charge in [-0.3, -0.25) is 9.59 Å². The second-order valence-corrected chi connectivity index (χ2v) is 6.48. The highest BCUT2D eigenvalue weighted by Gasteiger charge is 2.27. The minimum absolute atomic E-state index is 0.0594. The smallest absolute Gasteiger partial charge is 0.341 e. The van der Waals surface area contributed by atoms with Crippen LogP contribution in [0, 0.1) is 5.92 Å². The summed E-state index contributed by atoms with van der Waals surface area (Å²) >= 11 is 0. The summed E-state index contributed by atoms with van der Waals surface area (Å²) < 4.78 is 5.14. The van der Waals surface area contributed by atoms with Gasteiger partial charge in [0.2, 0.25) is 11.8 Å². The predicted molar refractivity (Wildman–Crippen MR) is 95.6 cm³/mol. The summed E-state index contributed by atoms with van der Waals surface area (Å²) in [6.07, 6.45) is 2.96. The SMILES string of the molecule is CCCC(=O)N1CCCC(C(=O)NCc2cccc(OCC(=O)O)c2)C1. The topological polar surface area (TPSA) is 95.9 Å². The first-order valence-electron chi connectivity index (χ1n) is 8.98. The number of carboxylic acid groups (broad SMARTS) is 1. The van der Waals surface area contributed by atoms with E-state index < -0.39 is 12.6 Å². The van der Waals surface area contributed by atoms with E-state index in [0.717, 1.165) is 31.4 Å². The summed E-state index contributed by atoms with van der Waals surface area (Å²) in [6.45, 7) is 3.11. The molecule has 26 heavy (non-hydrogen) atoms. The van der Waals surface area contributed by atoms with Crippen LogP contribution in [0.15, 0.2) is 24.3 Å². The van der Waals surface area contributed by atoms with Gasteiger partial charge < -0.3 is 20.1 Å². The molecule has 7 heteroatoms. The Morgan fingerprint density at radius 1 is 1.35 bits per heavy atom. The van der Waals surface area contributed by atoms with Gasteiger partial charge >= 0.3 is 5.97 Å². The summed E-state index contributed by atoms with van der Waals surface area (Å²) in [6, 6.07) is 6.98. The van der Waals surface area contributed by atoms with Crippen LogP contribution in [0.25, 0.3) is 0 Å². The van der Waals surface area contributed by atoms with Gasteiger partial charge in [-0.2, -0.15) is 0 Å². The van der Waals surface area contributed by atoms with Crippen molar-refractivity contribution in [2.24, 2.45) is 5.92 Å². The molecule has 2 rings (SSSR count). The summed E-state index contributed by atoms with van der Waals surface area (Å²) in [4.78, 5) is 36.8. The Hall–Kier alpha value is -2.57. The third-order valence-corrected chi connectivity index (χ3v) is 4.34. The van der Waals surface area contributed by atoms with Crippen molar-refractivity contribution < 1.29 is 24.2 Å². The molecule has 1 heterocycles. The Kier molecular flexibility index (Phi) is 7.44. The molecule has 1 atom stereocenters. The zero-order valence-corrected chi connectivity index (χ0v) is 15.1. The molecule has 7 nitrogen and oxygen atoms in total. The van der Waals surface area contributed by atoms with Gasteiger partial charge in [-0.25, -0.2) is 4.79 Å². The largest absolute Gasteiger partial charge is 0.482 e. The van der Waals surface area contributed by atoms with Gasteiger partial charge in [0, 0.05) is 26.1 Å². The molecule has 0 aliphatic carbocycles. The lowest BCUT2D eigenvalue weighted by Crippen LogP contribution is -2.45. The molecule has 0 saturated carbocycles. The van der Waals surface area contributed by atoms with Crippen molar-refractivity contribution in [1.29, 1.82) is 0 Å². The molecule has 0 bridgehead atoms. The quantitative estimate of drug-likeness (QED) is 0.735. The number of hydrogen-bond donors (Lipinski definition) is 2. The number of carbonyl (C=O) groups excluding carboxylic acids is 2. The van der Waals surface area contributed by atoms with Crippen LogP contribution < -0.4 is 10.1 Å². The van der Waals surface area contributed by atoms with Crippen LogP contribution in [0.4, 0.5) is 0 Å². The first-order chi connectivity index (χ1) is 12.5. The van der Waals surface area contributed by atoms with E-state index in [4.69, 9.17) is 9.84 Å². The average Bonchev–Trinajstić information content (AvgIpc) is 2.65. The summed E-state index contributed by atoms with van der Waals surface area (Å²) in [5, 5.41) is 11.6. The average molecular weight is 362 g/mol. The number of piperidine rings is 1. The second kappa shape index (κ2) is 9.79. The summed E-state index contributed by atoms with van der Waals surface area (Å²) in [5.41, 5.74) is 0.830. The minimum atomic E-state index is -1.04. The van der Waals surface area contributed by atoms with Crippen molar-refractivity contribution in [3.63, 3.8) is 0 Å². The molecule has 1 aromatic rings. The van der Waals surface area contributed by atoms with E-state index in [1.165, 1.54) is 0 Å². The lowest BCUT2D eigenvalue weighted by Gasteiger charge is -2.32. The summed E-state index contributed by atoms with van der Waals surface area (Å²) in [7, 11) is 0. The molecule has 1 unspecified atom stereocenters. The maximum Gasteiger partial charge on any atom is 0.341 e. The van der Waals surface area contributed by atoms with Gasteiger partial charge in [0.05, 0.1) is 5.92 Å². The maximum absolute atomic E-state index is 12.4. The number of hydrogen-bond acceptors (Lipinski definition) is 4. The molecular weight excluding hydrogens is 336 g/mol. The van der Waals surface area contributed by atoms with Crippen LogP contribution in [-0.4, -0.2) is 47.5 Å². The number of carboxylic acids is 1. The normalized spacial score (nSPS) is 16.8. The van der Waals surface area contributed by atoms with Crippen LogP contribution in [0.1, 0.15) is 38.2 Å². The van der Waals surface area contributed by atoms with Gasteiger partial charge in [0.15, 0.2) is 6.61 Å². The maximum atomic E-state index is 12.4. The Morgan fingerprint density at radius 3 is 2.88 bits per heavy atom. The number of aliphatic carboxylic acids is 1. The zero-order valence-electron chi connectivity index (χ0n) is 15.1. The van der Waals surface area contributed by atoms with Crippen molar-refractivity contribution in [2.75, 3.05) is 19.7 Å². The Morgan fingerprint density at radius 2 is 2.15 bits per heavy atom. The number of benzene rings is 1. The van der Waals surface area contributed by atoms with E-state index in [9.17, 15) is 14.4 Å². The molecule has 142 valence electrons. The van der Waals surface area contributed by atoms with E-state index >= 15 is 0 Å². The number of nitrogens with one attached hydrogen (secondary N) is 1. The molecule has 1 aliphatic heterocycles. The van der Waals surface area contributed by atoms with Crippen LogP contribution in [0.3, 0.4) is 0 Å². The van der Waals surface area contributed by atoms with Gasteiger partial charge in [-0.05, 0) is 37.0 Å². The first-order valence-corrected chi connectivity index (χ1v) is 8.98. The molecule has 1 fully saturated rings. The van der Waals surface area contributed by atoms with E-state index in [1.54, 1.807) is 23.1 Å². The van der Waals surface area contributed by atoms with Crippen molar-refractivity contribution in [1.82, 2.24) is 10.2 Å². The standard InChI is InChI=1S/C19H26N2O5/c1-2-5-17(22)21-9-4-7-15(12-21)19(25)20-11-14-6-3-8-16(10-14)26-13-18(23)24/h3,6,8,10,15H,2,4-5,7,9,11-13H2,1H3,(H,20,25)(H,23,24). The number of nitrogens with zero attached hydrogens (tertiary/aromatic N) is 1. The summed E-state index contributed by atoms with van der Waals surface area (Å²) in [5.74, 6) is -0.712. The third kappa shape index (κ3) is 6.06. The molecule has 1 saturated heterocycles. The molecule has 0 aromatic heterocycles. The van der Waals surface area contributed by atoms with E-state index in [2.05, 4.69) is 5.32 Å². The van der Waals surface area contributed by atoms with Crippen molar-refractivity contribution in [2.45, 2.75) is 39.2 Å². The number of likely N-dealkylation sites (tertiary alicyclic amines) is 1. The second-order valence-electron chi connectivity index (χ2n) is 6.48. The predicted octanol–water partition coefficient (Wildman–Crippen LogP) is 1.80. The van der Waals surface area contributed by atoms with Crippen LogP contribution in [0.2, 0.25) is 0 Å². The molecule has 2 N–H and O–H groups in total. The monoisotopic (exact) mass is 362 g/mol. The number of ether oxygens (including phenoxy) is 1. The van der Waals surface area contributed by atoms with E-state index in [-0.39, 0.29) is 17.7 Å². The Balaban J connectivity index is 1.85. The van der Waals surface area contributed by atoms with Gasteiger partial charge in [-0.15, -0.1) is 0 Å². The van der Waals surface area contributed by atoms with Gasteiger partial charge in [0.25, 0.3) is 0 Å². The number of rotatable bonds is 8. The van der Waals surface area contributed by atoms with E-state index in [1.807, 2.05) is 13.0 Å². The Bertz CT molecular complexity index is 647. The van der Waals surface area contributed by atoms with Crippen molar-refractivity contribution in [3.05, 3.63) is 29.8 Å². The minimum Gasteiger partial charge on any atom is -0.482 e. The van der Waals surface area contributed by atoms with Crippen LogP contribution in [0.5, 0.6) is 5.75 Å². The van der Waals surface area contributed by atoms with Gasteiger partial charge in [-0.1, -0.05) is 19.1 Å². The highest BCUT2D eigenvalue weighted by Crippen LogP contribution is 2.18.